The van der Waals surface area contributed by atoms with Crippen LogP contribution >= 0.6 is 23.2 Å². The highest BCUT2D eigenvalue weighted by atomic mass is 35.5. The van der Waals surface area contributed by atoms with Crippen molar-refractivity contribution in [2.45, 2.75) is 47.2 Å². The Morgan fingerprint density at radius 2 is 1.66 bits per heavy atom. The highest BCUT2D eigenvalue weighted by molar-refractivity contribution is 7.92. The molecule has 2 aromatic carbocycles. The number of nitrogens with zero attached hydrogens (tertiary/aromatic N) is 2. The molecule has 0 saturated heterocycles. The molecule has 35 heavy (non-hydrogen) atoms. The van der Waals surface area contributed by atoms with Gasteiger partial charge in [-0.25, -0.2) is 8.42 Å². The molecule has 0 spiro atoms. The van der Waals surface area contributed by atoms with Crippen LogP contribution in [0.4, 0.5) is 5.69 Å². The molecule has 2 aromatic rings. The zero-order valence-electron chi connectivity index (χ0n) is 20.9. The molecule has 0 aliphatic rings. The van der Waals surface area contributed by atoms with E-state index < -0.39 is 28.5 Å². The number of carbonyl (C=O) groups excluding carboxylic acids is 2. The van der Waals surface area contributed by atoms with Crippen molar-refractivity contribution in [3.8, 4) is 0 Å². The Hall–Kier alpha value is -2.29. The molecule has 2 amide bonds. The summed E-state index contributed by atoms with van der Waals surface area (Å²) in [7, 11) is -3.79. The number of rotatable bonds is 10. The van der Waals surface area contributed by atoms with Crippen molar-refractivity contribution in [2.24, 2.45) is 5.92 Å². The predicted molar refractivity (Wildman–Crippen MR) is 142 cm³/mol. The van der Waals surface area contributed by atoms with Gasteiger partial charge in [0.05, 0.1) is 22.0 Å². The minimum absolute atomic E-state index is 0.0521. The number of sulfonamides is 1. The normalized spacial score (nSPS) is 12.4. The molecule has 0 radical (unpaired) electrons. The van der Waals surface area contributed by atoms with Gasteiger partial charge in [0.1, 0.15) is 12.6 Å². The van der Waals surface area contributed by atoms with Crippen LogP contribution in [-0.2, 0) is 26.2 Å². The number of carbonyl (C=O) groups is 2. The van der Waals surface area contributed by atoms with Gasteiger partial charge in [-0.2, -0.15) is 0 Å². The molecule has 0 saturated carbocycles. The van der Waals surface area contributed by atoms with Gasteiger partial charge in [-0.15, -0.1) is 0 Å². The Morgan fingerprint density at radius 1 is 1.00 bits per heavy atom. The van der Waals surface area contributed by atoms with E-state index in [4.69, 9.17) is 23.2 Å². The van der Waals surface area contributed by atoms with Crippen molar-refractivity contribution in [1.82, 2.24) is 10.2 Å². The molecule has 0 fully saturated rings. The smallest absolute Gasteiger partial charge is 0.244 e. The van der Waals surface area contributed by atoms with E-state index in [1.807, 2.05) is 26.8 Å². The number of hydrogen-bond donors (Lipinski definition) is 1. The zero-order valence-corrected chi connectivity index (χ0v) is 23.3. The quantitative estimate of drug-likeness (QED) is 0.477. The second-order valence-corrected chi connectivity index (χ2v) is 11.9. The summed E-state index contributed by atoms with van der Waals surface area (Å²) >= 11 is 12.2. The fourth-order valence-electron chi connectivity index (χ4n) is 3.55. The molecule has 0 bridgehead atoms. The Balaban J connectivity index is 2.42. The minimum Gasteiger partial charge on any atom is -0.354 e. The third-order valence-corrected chi connectivity index (χ3v) is 7.35. The SMILES string of the molecule is Cc1ccc(N(CC(=O)N(Cc2ccc(Cl)c(Cl)c2)C(C)C(=O)NCC(C)C)S(C)(=O)=O)c(C)c1. The van der Waals surface area contributed by atoms with Gasteiger partial charge in [0.25, 0.3) is 0 Å². The van der Waals surface area contributed by atoms with Crippen molar-refractivity contribution in [3.63, 3.8) is 0 Å². The van der Waals surface area contributed by atoms with Crippen LogP contribution in [0.3, 0.4) is 0 Å². The van der Waals surface area contributed by atoms with Crippen LogP contribution < -0.4 is 9.62 Å². The molecular weight excluding hydrogens is 509 g/mol. The van der Waals surface area contributed by atoms with Crippen LogP contribution in [0.25, 0.3) is 0 Å². The Labute approximate surface area is 218 Å². The van der Waals surface area contributed by atoms with Gasteiger partial charge in [0.2, 0.25) is 21.8 Å². The number of halogens is 2. The van der Waals surface area contributed by atoms with Gasteiger partial charge in [0.15, 0.2) is 0 Å². The first-order chi connectivity index (χ1) is 16.2. The molecule has 0 aliphatic heterocycles. The first-order valence-corrected chi connectivity index (χ1v) is 13.9. The van der Waals surface area contributed by atoms with Crippen molar-refractivity contribution < 1.29 is 18.0 Å². The van der Waals surface area contributed by atoms with Crippen molar-refractivity contribution in [1.29, 1.82) is 0 Å². The summed E-state index contributed by atoms with van der Waals surface area (Å²) in [5.74, 6) is -0.617. The third kappa shape index (κ3) is 8.12. The number of benzene rings is 2. The third-order valence-electron chi connectivity index (χ3n) is 5.49. The minimum atomic E-state index is -3.79. The van der Waals surface area contributed by atoms with Crippen molar-refractivity contribution >= 4 is 50.7 Å². The van der Waals surface area contributed by atoms with Gasteiger partial charge >= 0.3 is 0 Å². The maximum absolute atomic E-state index is 13.6. The molecule has 0 aliphatic carbocycles. The van der Waals surface area contributed by atoms with Crippen LogP contribution in [-0.4, -0.2) is 50.5 Å². The first-order valence-electron chi connectivity index (χ1n) is 11.3. The van der Waals surface area contributed by atoms with Gasteiger partial charge in [0, 0.05) is 13.1 Å². The summed E-state index contributed by atoms with van der Waals surface area (Å²) in [6, 6.07) is 9.43. The van der Waals surface area contributed by atoms with Crippen LogP contribution in [0.2, 0.25) is 10.0 Å². The lowest BCUT2D eigenvalue weighted by atomic mass is 10.1. The van der Waals surface area contributed by atoms with Gasteiger partial charge in [-0.05, 0) is 56.0 Å². The maximum Gasteiger partial charge on any atom is 0.244 e. The van der Waals surface area contributed by atoms with Crippen LogP contribution in [0.15, 0.2) is 36.4 Å². The van der Waals surface area contributed by atoms with E-state index in [-0.39, 0.29) is 18.4 Å². The lowest BCUT2D eigenvalue weighted by Crippen LogP contribution is -2.51. The molecule has 1 atom stereocenters. The lowest BCUT2D eigenvalue weighted by Gasteiger charge is -2.32. The average molecular weight is 543 g/mol. The van der Waals surface area contributed by atoms with E-state index >= 15 is 0 Å². The van der Waals surface area contributed by atoms with E-state index in [1.54, 1.807) is 44.2 Å². The summed E-state index contributed by atoms with van der Waals surface area (Å²) in [6.07, 6.45) is 1.06. The number of hydrogen-bond acceptors (Lipinski definition) is 4. The molecule has 10 heteroatoms. The summed E-state index contributed by atoms with van der Waals surface area (Å²) in [5, 5.41) is 3.53. The number of nitrogens with one attached hydrogen (secondary N) is 1. The topological polar surface area (TPSA) is 86.8 Å². The molecule has 0 heterocycles. The largest absolute Gasteiger partial charge is 0.354 e. The monoisotopic (exact) mass is 541 g/mol. The molecule has 7 nitrogen and oxygen atoms in total. The van der Waals surface area contributed by atoms with Gasteiger partial charge in [-0.3, -0.25) is 13.9 Å². The predicted octanol–water partition coefficient (Wildman–Crippen LogP) is 4.57. The number of anilines is 1. The van der Waals surface area contributed by atoms with Crippen LogP contribution in [0.5, 0.6) is 0 Å². The maximum atomic E-state index is 13.6. The molecule has 192 valence electrons. The second-order valence-electron chi connectivity index (χ2n) is 9.14. The Kier molecular flexibility index (Phi) is 10.0. The highest BCUT2D eigenvalue weighted by Crippen LogP contribution is 2.26. The number of aryl methyl sites for hydroxylation is 2. The van der Waals surface area contributed by atoms with E-state index in [1.165, 1.54) is 4.90 Å². The Bertz CT molecular complexity index is 1190. The fraction of sp³-hybridized carbons (Fsp3) is 0.440. The first kappa shape index (κ1) is 28.9. The van der Waals surface area contributed by atoms with E-state index in [0.717, 1.165) is 21.7 Å². The molecular formula is C25H33Cl2N3O4S. The summed E-state index contributed by atoms with van der Waals surface area (Å²) in [4.78, 5) is 27.8. The standard InChI is InChI=1S/C25H33Cl2N3O4S/c1-16(2)13-28-25(32)19(5)29(14-20-8-9-21(26)22(27)12-20)24(31)15-30(35(6,33)34)23-10-7-17(3)11-18(23)4/h7-12,16,19H,13-15H2,1-6H3,(H,28,32). The van der Waals surface area contributed by atoms with Crippen molar-refractivity contribution in [2.75, 3.05) is 23.7 Å². The van der Waals surface area contributed by atoms with E-state index in [0.29, 0.717) is 27.8 Å². The zero-order chi connectivity index (χ0) is 26.5. The molecule has 2 rings (SSSR count). The number of amides is 2. The Morgan fingerprint density at radius 3 is 2.20 bits per heavy atom. The second kappa shape index (κ2) is 12.1. The molecule has 1 unspecified atom stereocenters. The molecule has 1 N–H and O–H groups in total. The average Bonchev–Trinajstić information content (AvgIpc) is 2.75. The molecule has 0 aromatic heterocycles. The lowest BCUT2D eigenvalue weighted by molar-refractivity contribution is -0.139. The summed E-state index contributed by atoms with van der Waals surface area (Å²) in [5.41, 5.74) is 2.77. The summed E-state index contributed by atoms with van der Waals surface area (Å²) in [6.45, 7) is 9.31. The van der Waals surface area contributed by atoms with Crippen LogP contribution in [0, 0.1) is 19.8 Å². The van der Waals surface area contributed by atoms with E-state index in [2.05, 4.69) is 5.32 Å². The highest BCUT2D eigenvalue weighted by Gasteiger charge is 2.30. The fourth-order valence-corrected chi connectivity index (χ4v) is 4.78. The summed E-state index contributed by atoms with van der Waals surface area (Å²) < 4.78 is 26.5. The van der Waals surface area contributed by atoms with Gasteiger partial charge in [-0.1, -0.05) is 60.8 Å². The van der Waals surface area contributed by atoms with Gasteiger partial charge < -0.3 is 10.2 Å². The van der Waals surface area contributed by atoms with E-state index in [9.17, 15) is 18.0 Å². The van der Waals surface area contributed by atoms with Crippen molar-refractivity contribution in [3.05, 3.63) is 63.1 Å². The van der Waals surface area contributed by atoms with Crippen LogP contribution in [0.1, 0.15) is 37.5 Å².